The van der Waals surface area contributed by atoms with Gasteiger partial charge in [0, 0.05) is 0 Å². The van der Waals surface area contributed by atoms with Crippen LogP contribution < -0.4 is 4.74 Å². The molecule has 4 aromatic rings. The Morgan fingerprint density at radius 2 is 1.76 bits per heavy atom. The van der Waals surface area contributed by atoms with Crippen LogP contribution in [0, 0.1) is 6.92 Å². The molecular formula is C18H12Cl2N4O. The maximum absolute atomic E-state index is 6.10. The number of hydrogen-bond acceptors (Lipinski definition) is 4. The molecule has 0 amide bonds. The third kappa shape index (κ3) is 3.04. The van der Waals surface area contributed by atoms with Crippen molar-refractivity contribution in [2.75, 3.05) is 0 Å². The van der Waals surface area contributed by atoms with E-state index in [1.807, 2.05) is 37.3 Å². The quantitative estimate of drug-likeness (QED) is 0.495. The highest BCUT2D eigenvalue weighted by Gasteiger charge is 2.13. The van der Waals surface area contributed by atoms with Crippen molar-refractivity contribution >= 4 is 34.2 Å². The summed E-state index contributed by atoms with van der Waals surface area (Å²) >= 11 is 12.1. The van der Waals surface area contributed by atoms with Gasteiger partial charge in [-0.15, -0.1) is 0 Å². The molecule has 0 aliphatic carbocycles. The smallest absolute Gasteiger partial charge is 0.233 e. The highest BCUT2D eigenvalue weighted by molar-refractivity contribution is 6.42. The van der Waals surface area contributed by atoms with Crippen molar-refractivity contribution in [1.29, 1.82) is 0 Å². The Balaban J connectivity index is 1.77. The summed E-state index contributed by atoms with van der Waals surface area (Å²) in [5.74, 6) is 1.15. The fourth-order valence-corrected chi connectivity index (χ4v) is 2.72. The molecule has 0 aliphatic rings. The zero-order chi connectivity index (χ0) is 17.4. The summed E-state index contributed by atoms with van der Waals surface area (Å²) < 4.78 is 7.55. The van der Waals surface area contributed by atoms with Gasteiger partial charge >= 0.3 is 0 Å². The molecule has 7 heteroatoms. The van der Waals surface area contributed by atoms with Crippen molar-refractivity contribution in [1.82, 2.24) is 19.7 Å². The number of rotatable bonds is 3. The molecule has 25 heavy (non-hydrogen) atoms. The first-order chi connectivity index (χ1) is 12.1. The van der Waals surface area contributed by atoms with Crippen LogP contribution in [0.3, 0.4) is 0 Å². The zero-order valence-electron chi connectivity index (χ0n) is 13.1. The van der Waals surface area contributed by atoms with Crippen LogP contribution in [0.1, 0.15) is 5.56 Å². The Morgan fingerprint density at radius 1 is 0.960 bits per heavy atom. The van der Waals surface area contributed by atoms with Crippen LogP contribution in [0.5, 0.6) is 11.6 Å². The Bertz CT molecular complexity index is 1060. The predicted octanol–water partition coefficient (Wildman–Crippen LogP) is 5.22. The largest absolute Gasteiger partial charge is 0.438 e. The second-order valence-corrected chi connectivity index (χ2v) is 6.30. The van der Waals surface area contributed by atoms with E-state index in [2.05, 4.69) is 15.1 Å². The van der Waals surface area contributed by atoms with E-state index in [0.717, 1.165) is 11.3 Å². The standard InChI is InChI=1S/C18H12Cl2N4O/c1-11-2-5-13(6-3-11)25-18-14-9-23-24(17(14)21-10-22-18)12-4-7-15(19)16(20)8-12/h2-10H,1H3. The van der Waals surface area contributed by atoms with Crippen molar-refractivity contribution in [2.24, 2.45) is 0 Å². The highest BCUT2D eigenvalue weighted by Crippen LogP contribution is 2.29. The number of fused-ring (bicyclic) bond motifs is 1. The molecule has 0 bridgehead atoms. The van der Waals surface area contributed by atoms with E-state index < -0.39 is 0 Å². The van der Waals surface area contributed by atoms with Crippen LogP contribution in [0.15, 0.2) is 55.0 Å². The normalized spacial score (nSPS) is 11.0. The molecule has 0 atom stereocenters. The van der Waals surface area contributed by atoms with Gasteiger partial charge in [0.25, 0.3) is 0 Å². The Morgan fingerprint density at radius 3 is 2.52 bits per heavy atom. The number of ether oxygens (including phenoxy) is 1. The van der Waals surface area contributed by atoms with Crippen molar-refractivity contribution in [2.45, 2.75) is 6.92 Å². The number of aromatic nitrogens is 4. The van der Waals surface area contributed by atoms with E-state index in [9.17, 15) is 0 Å². The van der Waals surface area contributed by atoms with E-state index in [1.165, 1.54) is 6.33 Å². The van der Waals surface area contributed by atoms with E-state index in [1.54, 1.807) is 23.0 Å². The average Bonchev–Trinajstić information content (AvgIpc) is 3.04. The molecule has 2 heterocycles. The summed E-state index contributed by atoms with van der Waals surface area (Å²) in [5.41, 5.74) is 2.53. The lowest BCUT2D eigenvalue weighted by molar-refractivity contribution is 0.468. The zero-order valence-corrected chi connectivity index (χ0v) is 14.7. The number of nitrogens with zero attached hydrogens (tertiary/aromatic N) is 4. The van der Waals surface area contributed by atoms with Crippen LogP contribution in [0.4, 0.5) is 0 Å². The van der Waals surface area contributed by atoms with E-state index in [-0.39, 0.29) is 0 Å². The molecule has 0 radical (unpaired) electrons. The van der Waals surface area contributed by atoms with E-state index in [4.69, 9.17) is 27.9 Å². The molecule has 4 rings (SSSR count). The molecule has 0 spiro atoms. The summed E-state index contributed by atoms with van der Waals surface area (Å²) in [5, 5.41) is 6.03. The first kappa shape index (κ1) is 15.9. The van der Waals surface area contributed by atoms with Crippen LogP contribution in [-0.2, 0) is 0 Å². The van der Waals surface area contributed by atoms with Crippen molar-refractivity contribution in [3.8, 4) is 17.3 Å². The van der Waals surface area contributed by atoms with E-state index >= 15 is 0 Å². The molecule has 0 N–H and O–H groups in total. The molecule has 2 aromatic carbocycles. The molecular weight excluding hydrogens is 359 g/mol. The minimum Gasteiger partial charge on any atom is -0.438 e. The van der Waals surface area contributed by atoms with Crippen LogP contribution in [0.25, 0.3) is 16.7 Å². The SMILES string of the molecule is Cc1ccc(Oc2ncnc3c2cnn3-c2ccc(Cl)c(Cl)c2)cc1. The molecule has 0 fully saturated rings. The van der Waals surface area contributed by atoms with Gasteiger partial charge in [0.15, 0.2) is 5.65 Å². The molecule has 0 saturated carbocycles. The molecule has 124 valence electrons. The minimum atomic E-state index is 0.445. The Kier molecular flexibility index (Phi) is 4.03. The van der Waals surface area contributed by atoms with Gasteiger partial charge in [0.1, 0.15) is 17.5 Å². The summed E-state index contributed by atoms with van der Waals surface area (Å²) in [6, 6.07) is 13.0. The summed E-state index contributed by atoms with van der Waals surface area (Å²) in [6.45, 7) is 2.02. The topological polar surface area (TPSA) is 52.8 Å². The van der Waals surface area contributed by atoms with Crippen molar-refractivity contribution < 1.29 is 4.74 Å². The van der Waals surface area contributed by atoms with Gasteiger partial charge in [-0.3, -0.25) is 0 Å². The van der Waals surface area contributed by atoms with Gasteiger partial charge in [0.2, 0.25) is 5.88 Å². The van der Waals surface area contributed by atoms with Crippen LogP contribution >= 0.6 is 23.2 Å². The summed E-state index contributed by atoms with van der Waals surface area (Å²) in [4.78, 5) is 8.55. The monoisotopic (exact) mass is 370 g/mol. The number of aryl methyl sites for hydroxylation is 1. The summed E-state index contributed by atoms with van der Waals surface area (Å²) in [7, 11) is 0. The molecule has 0 unspecified atom stereocenters. The number of hydrogen-bond donors (Lipinski definition) is 0. The van der Waals surface area contributed by atoms with Gasteiger partial charge in [-0.2, -0.15) is 5.10 Å². The van der Waals surface area contributed by atoms with E-state index in [0.29, 0.717) is 32.7 Å². The van der Waals surface area contributed by atoms with Gasteiger partial charge in [-0.25, -0.2) is 14.6 Å². The lowest BCUT2D eigenvalue weighted by atomic mass is 10.2. The second kappa shape index (κ2) is 6.35. The third-order valence-electron chi connectivity index (χ3n) is 3.71. The van der Waals surface area contributed by atoms with Gasteiger partial charge < -0.3 is 4.74 Å². The maximum Gasteiger partial charge on any atom is 0.233 e. The van der Waals surface area contributed by atoms with Crippen molar-refractivity contribution in [3.63, 3.8) is 0 Å². The van der Waals surface area contributed by atoms with Crippen molar-refractivity contribution in [3.05, 3.63) is 70.6 Å². The predicted molar refractivity (Wildman–Crippen MR) is 97.9 cm³/mol. The second-order valence-electron chi connectivity index (χ2n) is 5.49. The number of benzene rings is 2. The number of halogens is 2. The average molecular weight is 371 g/mol. The minimum absolute atomic E-state index is 0.445. The Hall–Kier alpha value is -2.63. The molecule has 2 aromatic heterocycles. The fourth-order valence-electron chi connectivity index (χ4n) is 2.43. The maximum atomic E-state index is 6.10. The molecule has 0 saturated heterocycles. The van der Waals surface area contributed by atoms with Gasteiger partial charge in [-0.1, -0.05) is 40.9 Å². The third-order valence-corrected chi connectivity index (χ3v) is 4.45. The highest BCUT2D eigenvalue weighted by atomic mass is 35.5. The van der Waals surface area contributed by atoms with Crippen LogP contribution in [0.2, 0.25) is 10.0 Å². The fraction of sp³-hybridized carbons (Fsp3) is 0.0556. The Labute approximate surface area is 153 Å². The first-order valence-corrected chi connectivity index (χ1v) is 8.26. The van der Waals surface area contributed by atoms with Crippen LogP contribution in [-0.4, -0.2) is 19.7 Å². The lowest BCUT2D eigenvalue weighted by Crippen LogP contribution is -1.98. The lowest BCUT2D eigenvalue weighted by Gasteiger charge is -2.07. The molecule has 5 nitrogen and oxygen atoms in total. The molecule has 0 aliphatic heterocycles. The summed E-state index contributed by atoms with van der Waals surface area (Å²) in [6.07, 6.45) is 3.11. The van der Waals surface area contributed by atoms with Gasteiger partial charge in [0.05, 0.1) is 21.9 Å². The van der Waals surface area contributed by atoms with Gasteiger partial charge in [-0.05, 0) is 37.3 Å². The first-order valence-electron chi connectivity index (χ1n) is 7.50.